The molecule has 0 unspecified atom stereocenters. The van der Waals surface area contributed by atoms with E-state index in [9.17, 15) is 9.59 Å². The first-order valence-corrected chi connectivity index (χ1v) is 9.19. The SMILES string of the molecule is CCCON=C(CCC(C)C)c1cc(OC)c2c(c1OC)C(=O)C=CC2=O. The number of carbonyl (C=O) groups is 2. The molecule has 146 valence electrons. The molecule has 0 saturated carbocycles. The van der Waals surface area contributed by atoms with E-state index in [4.69, 9.17) is 14.3 Å². The number of fused-ring (bicyclic) bond motifs is 1. The van der Waals surface area contributed by atoms with E-state index in [0.717, 1.165) is 12.8 Å². The Hall–Kier alpha value is -2.63. The summed E-state index contributed by atoms with van der Waals surface area (Å²) in [6, 6.07) is 1.70. The van der Waals surface area contributed by atoms with Crippen molar-refractivity contribution >= 4 is 17.3 Å². The zero-order valence-corrected chi connectivity index (χ0v) is 16.6. The molecule has 0 bridgehead atoms. The lowest BCUT2D eigenvalue weighted by Gasteiger charge is -2.21. The maximum atomic E-state index is 12.5. The van der Waals surface area contributed by atoms with Crippen LogP contribution < -0.4 is 9.47 Å². The number of nitrogens with zero attached hydrogens (tertiary/aromatic N) is 1. The molecule has 0 amide bonds. The van der Waals surface area contributed by atoms with Crippen LogP contribution in [0.15, 0.2) is 23.4 Å². The van der Waals surface area contributed by atoms with Gasteiger partial charge in [0.15, 0.2) is 11.6 Å². The van der Waals surface area contributed by atoms with Crippen molar-refractivity contribution in [3.63, 3.8) is 0 Å². The molecule has 1 aliphatic carbocycles. The molecule has 6 nitrogen and oxygen atoms in total. The minimum Gasteiger partial charge on any atom is -0.496 e. The third-order valence-corrected chi connectivity index (χ3v) is 4.29. The van der Waals surface area contributed by atoms with Crippen molar-refractivity contribution in [2.45, 2.75) is 40.0 Å². The van der Waals surface area contributed by atoms with E-state index in [1.165, 1.54) is 26.4 Å². The van der Waals surface area contributed by atoms with Crippen molar-refractivity contribution in [1.82, 2.24) is 0 Å². The van der Waals surface area contributed by atoms with Gasteiger partial charge in [0, 0.05) is 5.56 Å². The summed E-state index contributed by atoms with van der Waals surface area (Å²) in [4.78, 5) is 30.3. The molecule has 2 rings (SSSR count). The first-order valence-electron chi connectivity index (χ1n) is 9.19. The number of hydrogen-bond acceptors (Lipinski definition) is 6. The number of hydrogen-bond donors (Lipinski definition) is 0. The second-order valence-corrected chi connectivity index (χ2v) is 6.78. The first kappa shape index (κ1) is 20.7. The third-order valence-electron chi connectivity index (χ3n) is 4.29. The van der Waals surface area contributed by atoms with Crippen molar-refractivity contribution in [3.05, 3.63) is 34.9 Å². The average molecular weight is 373 g/mol. The van der Waals surface area contributed by atoms with Crippen LogP contribution in [0.4, 0.5) is 0 Å². The van der Waals surface area contributed by atoms with E-state index in [2.05, 4.69) is 19.0 Å². The maximum absolute atomic E-state index is 12.5. The molecule has 1 aromatic carbocycles. The van der Waals surface area contributed by atoms with E-state index in [1.807, 2.05) is 6.92 Å². The summed E-state index contributed by atoms with van der Waals surface area (Å²) in [6.07, 6.45) is 4.89. The van der Waals surface area contributed by atoms with Crippen molar-refractivity contribution in [3.8, 4) is 11.5 Å². The fourth-order valence-corrected chi connectivity index (χ4v) is 2.90. The number of rotatable bonds is 9. The van der Waals surface area contributed by atoms with Crippen LogP contribution in [0.25, 0.3) is 0 Å². The normalized spacial score (nSPS) is 13.8. The molecule has 1 aromatic rings. The number of allylic oxidation sites excluding steroid dienone is 2. The Morgan fingerprint density at radius 2 is 1.74 bits per heavy atom. The van der Waals surface area contributed by atoms with Gasteiger partial charge in [-0.3, -0.25) is 9.59 Å². The van der Waals surface area contributed by atoms with Crippen LogP contribution in [0.5, 0.6) is 11.5 Å². The van der Waals surface area contributed by atoms with Crippen molar-refractivity contribution in [1.29, 1.82) is 0 Å². The molecule has 0 aromatic heterocycles. The van der Waals surface area contributed by atoms with Gasteiger partial charge in [0.25, 0.3) is 0 Å². The fourth-order valence-electron chi connectivity index (χ4n) is 2.90. The van der Waals surface area contributed by atoms with Crippen molar-refractivity contribution in [2.24, 2.45) is 11.1 Å². The molecular formula is C21H27NO5. The van der Waals surface area contributed by atoms with Crippen LogP contribution in [0.2, 0.25) is 0 Å². The van der Waals surface area contributed by atoms with Crippen molar-refractivity contribution < 1.29 is 23.9 Å². The van der Waals surface area contributed by atoms with Gasteiger partial charge in [0.2, 0.25) is 0 Å². The van der Waals surface area contributed by atoms with Gasteiger partial charge in [-0.25, -0.2) is 0 Å². The maximum Gasteiger partial charge on any atom is 0.190 e. The van der Waals surface area contributed by atoms with E-state index in [0.29, 0.717) is 41.7 Å². The van der Waals surface area contributed by atoms with Gasteiger partial charge < -0.3 is 14.3 Å². The predicted molar refractivity (Wildman–Crippen MR) is 104 cm³/mol. The van der Waals surface area contributed by atoms with Crippen LogP contribution in [0.1, 0.15) is 66.3 Å². The van der Waals surface area contributed by atoms with Gasteiger partial charge in [-0.15, -0.1) is 0 Å². The Kier molecular flexibility index (Phi) is 7.16. The standard InChI is InChI=1S/C21H27NO5/c1-6-11-27-22-15(8-7-13(2)3)14-12-18(25-4)19-16(23)9-10-17(24)20(19)21(14)26-5/h9-10,12-13H,6-8,11H2,1-5H3. The van der Waals surface area contributed by atoms with Crippen LogP contribution in [0, 0.1) is 5.92 Å². The quantitative estimate of drug-likeness (QED) is 0.368. The molecule has 6 heteroatoms. The molecule has 27 heavy (non-hydrogen) atoms. The van der Waals surface area contributed by atoms with Gasteiger partial charge in [-0.2, -0.15) is 0 Å². The van der Waals surface area contributed by atoms with Crippen LogP contribution in [-0.4, -0.2) is 38.1 Å². The molecule has 0 aliphatic heterocycles. The van der Waals surface area contributed by atoms with Crippen LogP contribution in [-0.2, 0) is 4.84 Å². The lowest BCUT2D eigenvalue weighted by atomic mass is 9.88. The Labute approximate surface area is 160 Å². The molecule has 0 saturated heterocycles. The lowest BCUT2D eigenvalue weighted by Crippen LogP contribution is -2.18. The minimum absolute atomic E-state index is 0.215. The van der Waals surface area contributed by atoms with Gasteiger partial charge in [0.1, 0.15) is 18.1 Å². The predicted octanol–water partition coefficient (Wildman–Crippen LogP) is 4.21. The topological polar surface area (TPSA) is 74.2 Å². The second kappa shape index (κ2) is 9.35. The zero-order valence-electron chi connectivity index (χ0n) is 16.6. The summed E-state index contributed by atoms with van der Waals surface area (Å²) in [5.41, 5.74) is 1.72. The highest BCUT2D eigenvalue weighted by Crippen LogP contribution is 2.38. The highest BCUT2D eigenvalue weighted by Gasteiger charge is 2.31. The van der Waals surface area contributed by atoms with E-state index in [1.54, 1.807) is 6.07 Å². The summed E-state index contributed by atoms with van der Waals surface area (Å²) in [5, 5.41) is 4.30. The Balaban J connectivity index is 2.65. The van der Waals surface area contributed by atoms with Crippen LogP contribution >= 0.6 is 0 Å². The zero-order chi connectivity index (χ0) is 20.0. The summed E-state index contributed by atoms with van der Waals surface area (Å²) >= 11 is 0. The summed E-state index contributed by atoms with van der Waals surface area (Å²) in [5.74, 6) is 0.555. The molecule has 0 heterocycles. The Morgan fingerprint density at radius 3 is 2.30 bits per heavy atom. The number of benzene rings is 1. The first-order chi connectivity index (χ1) is 12.9. The molecule has 1 aliphatic rings. The van der Waals surface area contributed by atoms with Gasteiger partial charge >= 0.3 is 0 Å². The highest BCUT2D eigenvalue weighted by molar-refractivity contribution is 6.25. The molecule has 0 fully saturated rings. The number of ether oxygens (including phenoxy) is 2. The highest BCUT2D eigenvalue weighted by atomic mass is 16.6. The number of oxime groups is 1. The van der Waals surface area contributed by atoms with Gasteiger partial charge in [-0.05, 0) is 43.4 Å². The van der Waals surface area contributed by atoms with Gasteiger partial charge in [-0.1, -0.05) is 25.9 Å². The lowest BCUT2D eigenvalue weighted by molar-refractivity contribution is 0.0989. The molecule has 0 N–H and O–H groups in total. The fraction of sp³-hybridized carbons (Fsp3) is 0.476. The van der Waals surface area contributed by atoms with E-state index >= 15 is 0 Å². The third kappa shape index (κ3) is 4.56. The minimum atomic E-state index is -0.292. The van der Waals surface area contributed by atoms with Crippen LogP contribution in [0.3, 0.4) is 0 Å². The molecule has 0 spiro atoms. The average Bonchev–Trinajstić information content (AvgIpc) is 2.65. The summed E-state index contributed by atoms with van der Waals surface area (Å²) in [7, 11) is 2.95. The van der Waals surface area contributed by atoms with Crippen molar-refractivity contribution in [2.75, 3.05) is 20.8 Å². The Bertz CT molecular complexity index is 777. The molecular weight excluding hydrogens is 346 g/mol. The second-order valence-electron chi connectivity index (χ2n) is 6.78. The van der Waals surface area contributed by atoms with E-state index < -0.39 is 0 Å². The number of carbonyl (C=O) groups excluding carboxylic acids is 2. The largest absolute Gasteiger partial charge is 0.496 e. The monoisotopic (exact) mass is 373 g/mol. The smallest absolute Gasteiger partial charge is 0.190 e. The summed E-state index contributed by atoms with van der Waals surface area (Å²) < 4.78 is 11.0. The number of ketones is 2. The molecule has 0 radical (unpaired) electrons. The number of methoxy groups -OCH3 is 2. The summed E-state index contributed by atoms with van der Waals surface area (Å²) in [6.45, 7) is 6.75. The Morgan fingerprint density at radius 1 is 1.07 bits per heavy atom. The van der Waals surface area contributed by atoms with Gasteiger partial charge in [0.05, 0.1) is 31.1 Å². The van der Waals surface area contributed by atoms with E-state index in [-0.39, 0.29) is 22.7 Å². The molecule has 0 atom stereocenters.